The van der Waals surface area contributed by atoms with Crippen LogP contribution in [-0.2, 0) is 18.2 Å². The average Bonchev–Trinajstić information content (AvgIpc) is 2.53. The van der Waals surface area contributed by atoms with Crippen molar-refractivity contribution in [2.75, 3.05) is 13.2 Å². The fraction of sp³-hybridized carbons (Fsp3) is 0.600. The van der Waals surface area contributed by atoms with Gasteiger partial charge in [0.2, 0.25) is 0 Å². The number of amides is 1. The molecule has 15 heavy (non-hydrogen) atoms. The largest absolute Gasteiger partial charge is 0.377 e. The van der Waals surface area contributed by atoms with Crippen molar-refractivity contribution in [3.8, 4) is 0 Å². The highest BCUT2D eigenvalue weighted by molar-refractivity contribution is 5.95. The lowest BCUT2D eigenvalue weighted by Crippen LogP contribution is -2.48. The van der Waals surface area contributed by atoms with Gasteiger partial charge < -0.3 is 10.1 Å². The normalized spacial score (nSPS) is 16.1. The first-order chi connectivity index (χ1) is 7.20. The first-order valence-corrected chi connectivity index (χ1v) is 5.12. The minimum absolute atomic E-state index is 0.0479. The predicted molar refractivity (Wildman–Crippen MR) is 54.7 cm³/mol. The van der Waals surface area contributed by atoms with Crippen molar-refractivity contribution in [1.82, 2.24) is 15.1 Å². The van der Waals surface area contributed by atoms with Crippen molar-refractivity contribution in [2.45, 2.75) is 19.4 Å². The van der Waals surface area contributed by atoms with Crippen molar-refractivity contribution < 1.29 is 9.53 Å². The molecule has 2 heterocycles. The molecule has 1 aromatic rings. The van der Waals surface area contributed by atoms with E-state index >= 15 is 0 Å². The van der Waals surface area contributed by atoms with E-state index in [0.717, 1.165) is 12.1 Å². The van der Waals surface area contributed by atoms with E-state index in [4.69, 9.17) is 4.74 Å². The average molecular weight is 209 g/mol. The summed E-state index contributed by atoms with van der Waals surface area (Å²) in [6.45, 7) is 3.23. The summed E-state index contributed by atoms with van der Waals surface area (Å²) in [6.07, 6.45) is 2.53. The van der Waals surface area contributed by atoms with Gasteiger partial charge in [0.15, 0.2) is 0 Å². The summed E-state index contributed by atoms with van der Waals surface area (Å²) in [5, 5.41) is 7.13. The van der Waals surface area contributed by atoms with Gasteiger partial charge in [-0.05, 0) is 6.42 Å². The van der Waals surface area contributed by atoms with Gasteiger partial charge in [-0.3, -0.25) is 9.48 Å². The van der Waals surface area contributed by atoms with Crippen LogP contribution in [0, 0.1) is 0 Å². The van der Waals surface area contributed by atoms with Crippen LogP contribution in [0.3, 0.4) is 0 Å². The molecule has 1 N–H and O–H groups in total. The van der Waals surface area contributed by atoms with E-state index in [1.165, 1.54) is 0 Å². The Bertz CT molecular complexity index is 369. The number of hydrogen-bond acceptors (Lipinski definition) is 3. The Morgan fingerprint density at radius 1 is 1.73 bits per heavy atom. The molecular weight excluding hydrogens is 194 g/mol. The minimum Gasteiger partial charge on any atom is -0.377 e. The molecule has 0 radical (unpaired) electrons. The van der Waals surface area contributed by atoms with Crippen molar-refractivity contribution in [1.29, 1.82) is 0 Å². The third-order valence-corrected chi connectivity index (χ3v) is 2.46. The summed E-state index contributed by atoms with van der Waals surface area (Å²) in [5.74, 6) is -0.0479. The molecule has 1 fully saturated rings. The van der Waals surface area contributed by atoms with E-state index in [9.17, 15) is 4.79 Å². The summed E-state index contributed by atoms with van der Waals surface area (Å²) in [7, 11) is 1.82. The van der Waals surface area contributed by atoms with Crippen LogP contribution in [0.25, 0.3) is 0 Å². The number of carbonyl (C=O) groups is 1. The van der Waals surface area contributed by atoms with E-state index in [1.807, 2.05) is 14.0 Å². The van der Waals surface area contributed by atoms with Gasteiger partial charge in [-0.1, -0.05) is 6.92 Å². The second kappa shape index (κ2) is 4.02. The molecule has 0 unspecified atom stereocenters. The zero-order valence-electron chi connectivity index (χ0n) is 8.99. The van der Waals surface area contributed by atoms with Crippen LogP contribution in [0.15, 0.2) is 6.20 Å². The number of nitrogens with one attached hydrogen (secondary N) is 1. The second-order valence-corrected chi connectivity index (χ2v) is 3.72. The van der Waals surface area contributed by atoms with Gasteiger partial charge in [0.05, 0.1) is 30.5 Å². The van der Waals surface area contributed by atoms with Crippen molar-refractivity contribution in [2.24, 2.45) is 7.05 Å². The van der Waals surface area contributed by atoms with E-state index in [0.29, 0.717) is 18.8 Å². The standard InChI is InChI=1S/C10H15N3O2/c1-3-9-8(4-13(2)12-9)10(14)11-7-5-15-6-7/h4,7H,3,5-6H2,1-2H3,(H,11,14). The van der Waals surface area contributed by atoms with Crippen molar-refractivity contribution in [3.05, 3.63) is 17.5 Å². The second-order valence-electron chi connectivity index (χ2n) is 3.72. The molecule has 1 aromatic heterocycles. The third-order valence-electron chi connectivity index (χ3n) is 2.46. The van der Waals surface area contributed by atoms with Gasteiger partial charge in [0.25, 0.3) is 5.91 Å². The number of hydrogen-bond donors (Lipinski definition) is 1. The molecule has 5 nitrogen and oxygen atoms in total. The first kappa shape index (κ1) is 10.2. The number of rotatable bonds is 3. The highest BCUT2D eigenvalue weighted by Crippen LogP contribution is 2.08. The molecule has 1 aliphatic rings. The van der Waals surface area contributed by atoms with E-state index in [1.54, 1.807) is 10.9 Å². The molecule has 2 rings (SSSR count). The van der Waals surface area contributed by atoms with Crippen molar-refractivity contribution >= 4 is 5.91 Å². The summed E-state index contributed by atoms with van der Waals surface area (Å²) >= 11 is 0. The van der Waals surface area contributed by atoms with Gasteiger partial charge in [-0.2, -0.15) is 5.10 Å². The first-order valence-electron chi connectivity index (χ1n) is 5.12. The molecule has 0 saturated carbocycles. The van der Waals surface area contributed by atoms with E-state index < -0.39 is 0 Å². The zero-order valence-corrected chi connectivity index (χ0v) is 8.99. The number of aryl methyl sites for hydroxylation is 2. The van der Waals surface area contributed by atoms with Gasteiger partial charge in [0.1, 0.15) is 0 Å². The van der Waals surface area contributed by atoms with Crippen LogP contribution in [0.1, 0.15) is 23.0 Å². The molecule has 0 bridgehead atoms. The Morgan fingerprint density at radius 3 is 3.00 bits per heavy atom. The highest BCUT2D eigenvalue weighted by atomic mass is 16.5. The Morgan fingerprint density at radius 2 is 2.47 bits per heavy atom. The Hall–Kier alpha value is -1.36. The Labute approximate surface area is 88.4 Å². The molecule has 0 aliphatic carbocycles. The lowest BCUT2D eigenvalue weighted by molar-refractivity contribution is -0.00347. The monoisotopic (exact) mass is 209 g/mol. The van der Waals surface area contributed by atoms with Crippen LogP contribution in [-0.4, -0.2) is 34.9 Å². The van der Waals surface area contributed by atoms with Gasteiger partial charge in [-0.25, -0.2) is 0 Å². The lowest BCUT2D eigenvalue weighted by Gasteiger charge is -2.26. The molecule has 5 heteroatoms. The van der Waals surface area contributed by atoms with Crippen LogP contribution in [0.5, 0.6) is 0 Å². The fourth-order valence-corrected chi connectivity index (χ4v) is 1.57. The predicted octanol–water partition coefficient (Wildman–Crippen LogP) is 0.111. The molecular formula is C10H15N3O2. The maximum absolute atomic E-state index is 11.8. The van der Waals surface area contributed by atoms with Crippen LogP contribution < -0.4 is 5.32 Å². The van der Waals surface area contributed by atoms with Crippen LogP contribution in [0.4, 0.5) is 0 Å². The van der Waals surface area contributed by atoms with Crippen molar-refractivity contribution in [3.63, 3.8) is 0 Å². The molecule has 1 saturated heterocycles. The Kier molecular flexibility index (Phi) is 2.73. The SMILES string of the molecule is CCc1nn(C)cc1C(=O)NC1COC1. The van der Waals surface area contributed by atoms with Gasteiger partial charge >= 0.3 is 0 Å². The number of ether oxygens (including phenoxy) is 1. The summed E-state index contributed by atoms with van der Waals surface area (Å²) < 4.78 is 6.67. The van der Waals surface area contributed by atoms with Gasteiger partial charge in [-0.15, -0.1) is 0 Å². The third kappa shape index (κ3) is 2.02. The lowest BCUT2D eigenvalue weighted by atomic mass is 10.1. The maximum atomic E-state index is 11.8. The topological polar surface area (TPSA) is 56.2 Å². The molecule has 1 aliphatic heterocycles. The van der Waals surface area contributed by atoms with Crippen LogP contribution in [0.2, 0.25) is 0 Å². The molecule has 0 atom stereocenters. The number of nitrogens with zero attached hydrogens (tertiary/aromatic N) is 2. The smallest absolute Gasteiger partial charge is 0.255 e. The van der Waals surface area contributed by atoms with E-state index in [2.05, 4.69) is 10.4 Å². The highest BCUT2D eigenvalue weighted by Gasteiger charge is 2.23. The minimum atomic E-state index is -0.0479. The quantitative estimate of drug-likeness (QED) is 0.768. The fourth-order valence-electron chi connectivity index (χ4n) is 1.57. The number of carbonyl (C=O) groups excluding carboxylic acids is 1. The summed E-state index contributed by atoms with van der Waals surface area (Å²) in [4.78, 5) is 11.8. The molecule has 0 spiro atoms. The Balaban J connectivity index is 2.09. The number of aromatic nitrogens is 2. The molecule has 0 aromatic carbocycles. The maximum Gasteiger partial charge on any atom is 0.255 e. The molecule has 82 valence electrons. The van der Waals surface area contributed by atoms with Gasteiger partial charge in [0, 0.05) is 13.2 Å². The van der Waals surface area contributed by atoms with E-state index in [-0.39, 0.29) is 11.9 Å². The zero-order chi connectivity index (χ0) is 10.8. The summed E-state index contributed by atoms with van der Waals surface area (Å²) in [5.41, 5.74) is 1.52. The summed E-state index contributed by atoms with van der Waals surface area (Å²) in [6, 6.07) is 0.169. The van der Waals surface area contributed by atoms with Crippen LogP contribution >= 0.6 is 0 Å². The molecule has 1 amide bonds.